The maximum atomic E-state index is 12.5. The summed E-state index contributed by atoms with van der Waals surface area (Å²) in [6, 6.07) is 11.7. The lowest BCUT2D eigenvalue weighted by Gasteiger charge is -2.07. The molecule has 0 atom stereocenters. The molecule has 0 aliphatic carbocycles. The van der Waals surface area contributed by atoms with Gasteiger partial charge in [0.25, 0.3) is 0 Å². The standard InChI is InChI=1S/C16H11NOS/c1-9-7-12-15(18)11-5-3-4-6-14(11)19-16(12)10(2)13(9)8-17/h3-7H,1-2H3. The Hall–Kier alpha value is -2.18. The van der Waals surface area contributed by atoms with Crippen LogP contribution in [0.15, 0.2) is 35.1 Å². The zero-order valence-electron chi connectivity index (χ0n) is 10.7. The normalized spacial score (nSPS) is 10.8. The van der Waals surface area contributed by atoms with Gasteiger partial charge in [0, 0.05) is 20.2 Å². The topological polar surface area (TPSA) is 40.9 Å². The second kappa shape index (κ2) is 4.18. The Morgan fingerprint density at radius 1 is 1.16 bits per heavy atom. The molecule has 0 spiro atoms. The SMILES string of the molecule is Cc1cc2c(=O)c3ccccc3sc2c(C)c1C#N. The lowest BCUT2D eigenvalue weighted by molar-refractivity contribution is 1.36. The summed E-state index contributed by atoms with van der Waals surface area (Å²) >= 11 is 1.58. The molecule has 2 nitrogen and oxygen atoms in total. The second-order valence-electron chi connectivity index (χ2n) is 4.61. The van der Waals surface area contributed by atoms with Crippen molar-refractivity contribution in [1.82, 2.24) is 0 Å². The lowest BCUT2D eigenvalue weighted by atomic mass is 10.0. The van der Waals surface area contributed by atoms with Crippen LogP contribution in [0.1, 0.15) is 16.7 Å². The minimum Gasteiger partial charge on any atom is -0.289 e. The molecule has 92 valence electrons. The number of nitriles is 1. The van der Waals surface area contributed by atoms with Crippen LogP contribution in [-0.4, -0.2) is 0 Å². The molecule has 0 N–H and O–H groups in total. The summed E-state index contributed by atoms with van der Waals surface area (Å²) in [5.74, 6) is 0. The number of hydrogen-bond donors (Lipinski definition) is 0. The van der Waals surface area contributed by atoms with E-state index in [1.54, 1.807) is 11.3 Å². The minimum absolute atomic E-state index is 0.0556. The first-order valence-corrected chi connectivity index (χ1v) is 6.81. The molecule has 0 radical (unpaired) electrons. The van der Waals surface area contributed by atoms with Crippen molar-refractivity contribution in [3.8, 4) is 6.07 Å². The molecule has 0 amide bonds. The first-order valence-electron chi connectivity index (χ1n) is 5.99. The van der Waals surface area contributed by atoms with Crippen molar-refractivity contribution in [3.63, 3.8) is 0 Å². The summed E-state index contributed by atoms with van der Waals surface area (Å²) < 4.78 is 1.89. The first kappa shape index (κ1) is 11.9. The molecular formula is C16H11NOS. The highest BCUT2D eigenvalue weighted by Crippen LogP contribution is 2.30. The second-order valence-corrected chi connectivity index (χ2v) is 5.66. The summed E-state index contributed by atoms with van der Waals surface area (Å²) in [7, 11) is 0. The monoisotopic (exact) mass is 265 g/mol. The van der Waals surface area contributed by atoms with Gasteiger partial charge in [0.1, 0.15) is 0 Å². The van der Waals surface area contributed by atoms with Crippen molar-refractivity contribution in [1.29, 1.82) is 5.26 Å². The van der Waals surface area contributed by atoms with Gasteiger partial charge in [0.15, 0.2) is 5.43 Å². The van der Waals surface area contributed by atoms with Crippen molar-refractivity contribution < 1.29 is 0 Å². The Kier molecular flexibility index (Phi) is 2.62. The van der Waals surface area contributed by atoms with Gasteiger partial charge in [-0.05, 0) is 43.2 Å². The van der Waals surface area contributed by atoms with Crippen molar-refractivity contribution >= 4 is 31.5 Å². The van der Waals surface area contributed by atoms with E-state index >= 15 is 0 Å². The quantitative estimate of drug-likeness (QED) is 0.578. The summed E-state index contributed by atoms with van der Waals surface area (Å²) in [6.45, 7) is 3.79. The zero-order valence-corrected chi connectivity index (χ0v) is 11.5. The van der Waals surface area contributed by atoms with E-state index in [0.29, 0.717) is 5.56 Å². The molecule has 3 heteroatoms. The number of hydrogen-bond acceptors (Lipinski definition) is 3. The van der Waals surface area contributed by atoms with Crippen LogP contribution in [-0.2, 0) is 0 Å². The van der Waals surface area contributed by atoms with Crippen LogP contribution in [0, 0.1) is 25.2 Å². The fourth-order valence-corrected chi connectivity index (χ4v) is 3.59. The molecule has 0 saturated heterocycles. The minimum atomic E-state index is 0.0556. The predicted molar refractivity (Wildman–Crippen MR) is 79.8 cm³/mol. The molecule has 1 heterocycles. The van der Waals surface area contributed by atoms with Crippen LogP contribution >= 0.6 is 11.3 Å². The van der Waals surface area contributed by atoms with Crippen LogP contribution in [0.2, 0.25) is 0 Å². The van der Waals surface area contributed by atoms with Crippen molar-refractivity contribution in [2.45, 2.75) is 13.8 Å². The third-order valence-corrected chi connectivity index (χ3v) is 4.72. The summed E-state index contributed by atoms with van der Waals surface area (Å²) in [5.41, 5.74) is 2.51. The van der Waals surface area contributed by atoms with E-state index in [9.17, 15) is 10.1 Å². The van der Waals surface area contributed by atoms with Crippen LogP contribution in [0.4, 0.5) is 0 Å². The Bertz CT molecular complexity index is 916. The van der Waals surface area contributed by atoms with Crippen molar-refractivity contribution in [3.05, 3.63) is 57.2 Å². The van der Waals surface area contributed by atoms with Crippen LogP contribution < -0.4 is 5.43 Å². The molecule has 0 fully saturated rings. The molecule has 3 rings (SSSR count). The van der Waals surface area contributed by atoms with Gasteiger partial charge in [-0.3, -0.25) is 4.79 Å². The Morgan fingerprint density at radius 3 is 2.63 bits per heavy atom. The number of rotatable bonds is 0. The average molecular weight is 265 g/mol. The van der Waals surface area contributed by atoms with Crippen LogP contribution in [0.25, 0.3) is 20.2 Å². The van der Waals surface area contributed by atoms with E-state index in [0.717, 1.165) is 31.3 Å². The van der Waals surface area contributed by atoms with Gasteiger partial charge < -0.3 is 0 Å². The molecule has 0 saturated carbocycles. The third kappa shape index (κ3) is 1.65. The van der Waals surface area contributed by atoms with E-state index in [1.807, 2.05) is 44.2 Å². The Morgan fingerprint density at radius 2 is 1.89 bits per heavy atom. The summed E-state index contributed by atoms with van der Waals surface area (Å²) in [4.78, 5) is 12.5. The fourth-order valence-electron chi connectivity index (χ4n) is 2.44. The number of nitrogens with zero attached hydrogens (tertiary/aromatic N) is 1. The predicted octanol–water partition coefficient (Wildman–Crippen LogP) is 3.90. The van der Waals surface area contributed by atoms with Gasteiger partial charge in [-0.15, -0.1) is 11.3 Å². The molecular weight excluding hydrogens is 254 g/mol. The third-order valence-electron chi connectivity index (χ3n) is 3.42. The smallest absolute Gasteiger partial charge is 0.195 e. The van der Waals surface area contributed by atoms with E-state index in [2.05, 4.69) is 6.07 Å². The molecule has 0 aliphatic heterocycles. The first-order chi connectivity index (χ1) is 9.13. The molecule has 3 aromatic rings. The summed E-state index contributed by atoms with van der Waals surface area (Å²) in [6.07, 6.45) is 0. The Labute approximate surface area is 114 Å². The van der Waals surface area contributed by atoms with Crippen LogP contribution in [0.5, 0.6) is 0 Å². The highest BCUT2D eigenvalue weighted by atomic mass is 32.1. The van der Waals surface area contributed by atoms with Gasteiger partial charge >= 0.3 is 0 Å². The van der Waals surface area contributed by atoms with E-state index < -0.39 is 0 Å². The van der Waals surface area contributed by atoms with Gasteiger partial charge in [0.2, 0.25) is 0 Å². The molecule has 1 aromatic heterocycles. The molecule has 0 aliphatic rings. The summed E-state index contributed by atoms with van der Waals surface area (Å²) in [5, 5.41) is 10.7. The highest BCUT2D eigenvalue weighted by Gasteiger charge is 2.12. The van der Waals surface area contributed by atoms with Crippen LogP contribution in [0.3, 0.4) is 0 Å². The maximum Gasteiger partial charge on any atom is 0.195 e. The largest absolute Gasteiger partial charge is 0.289 e. The van der Waals surface area contributed by atoms with E-state index in [4.69, 9.17) is 0 Å². The average Bonchev–Trinajstić information content (AvgIpc) is 2.41. The molecule has 19 heavy (non-hydrogen) atoms. The van der Waals surface area contributed by atoms with Gasteiger partial charge in [-0.1, -0.05) is 12.1 Å². The maximum absolute atomic E-state index is 12.5. The fraction of sp³-hybridized carbons (Fsp3) is 0.125. The van der Waals surface area contributed by atoms with E-state index in [1.165, 1.54) is 0 Å². The van der Waals surface area contributed by atoms with Crippen molar-refractivity contribution in [2.75, 3.05) is 0 Å². The molecule has 0 bridgehead atoms. The zero-order chi connectivity index (χ0) is 13.6. The van der Waals surface area contributed by atoms with Gasteiger partial charge in [-0.25, -0.2) is 0 Å². The molecule has 0 unspecified atom stereocenters. The molecule has 2 aromatic carbocycles. The highest BCUT2D eigenvalue weighted by molar-refractivity contribution is 7.24. The number of benzene rings is 2. The van der Waals surface area contributed by atoms with Crippen molar-refractivity contribution in [2.24, 2.45) is 0 Å². The van der Waals surface area contributed by atoms with Gasteiger partial charge in [0.05, 0.1) is 11.6 Å². The number of aryl methyl sites for hydroxylation is 2. The number of fused-ring (bicyclic) bond motifs is 2. The lowest BCUT2D eigenvalue weighted by Crippen LogP contribution is -2.03. The van der Waals surface area contributed by atoms with E-state index in [-0.39, 0.29) is 5.43 Å². The Balaban J connectivity index is 2.64. The van der Waals surface area contributed by atoms with Gasteiger partial charge in [-0.2, -0.15) is 5.26 Å².